The van der Waals surface area contributed by atoms with Gasteiger partial charge in [0.1, 0.15) is 11.5 Å². The molecule has 0 radical (unpaired) electrons. The first-order chi connectivity index (χ1) is 8.15. The van der Waals surface area contributed by atoms with Gasteiger partial charge in [0, 0.05) is 13.7 Å². The van der Waals surface area contributed by atoms with Gasteiger partial charge in [-0.1, -0.05) is 0 Å². The molecule has 1 aliphatic rings. The van der Waals surface area contributed by atoms with E-state index in [0.717, 1.165) is 19.3 Å². The number of nitrogen functional groups attached to an aromatic ring is 1. The van der Waals surface area contributed by atoms with Gasteiger partial charge in [-0.2, -0.15) is 0 Å². The van der Waals surface area contributed by atoms with Crippen molar-refractivity contribution in [1.29, 1.82) is 0 Å². The number of anilines is 1. The average Bonchev–Trinajstić information content (AvgIpc) is 2.28. The maximum absolute atomic E-state index is 11.8. The molecule has 17 heavy (non-hydrogen) atoms. The van der Waals surface area contributed by atoms with E-state index < -0.39 is 0 Å². The summed E-state index contributed by atoms with van der Waals surface area (Å²) in [6, 6.07) is 0. The van der Waals surface area contributed by atoms with Gasteiger partial charge >= 0.3 is 0 Å². The highest BCUT2D eigenvalue weighted by Crippen LogP contribution is 2.34. The minimum absolute atomic E-state index is 0.191. The summed E-state index contributed by atoms with van der Waals surface area (Å²) in [5.41, 5.74) is 5.50. The molecule has 1 heterocycles. The van der Waals surface area contributed by atoms with Crippen LogP contribution in [0.2, 0.25) is 0 Å². The van der Waals surface area contributed by atoms with Crippen molar-refractivity contribution in [3.63, 3.8) is 0 Å². The zero-order valence-corrected chi connectivity index (χ0v) is 9.77. The van der Waals surface area contributed by atoms with Gasteiger partial charge in [-0.3, -0.25) is 9.78 Å². The van der Waals surface area contributed by atoms with Gasteiger partial charge in [0.05, 0.1) is 18.0 Å². The lowest BCUT2D eigenvalue weighted by Gasteiger charge is -2.40. The summed E-state index contributed by atoms with van der Waals surface area (Å²) in [7, 11) is 1.67. The van der Waals surface area contributed by atoms with Crippen molar-refractivity contribution in [3.8, 4) is 0 Å². The van der Waals surface area contributed by atoms with E-state index in [-0.39, 0.29) is 23.0 Å². The second kappa shape index (κ2) is 4.67. The summed E-state index contributed by atoms with van der Waals surface area (Å²) < 4.78 is 5.41. The van der Waals surface area contributed by atoms with Crippen LogP contribution in [0.15, 0.2) is 12.4 Å². The van der Waals surface area contributed by atoms with E-state index in [1.807, 2.05) is 0 Å². The number of nitrogens with two attached hydrogens (primary N) is 1. The Kier molecular flexibility index (Phi) is 3.23. The monoisotopic (exact) mass is 236 g/mol. The highest BCUT2D eigenvalue weighted by Gasteiger charge is 2.37. The minimum Gasteiger partial charge on any atom is -0.382 e. The van der Waals surface area contributed by atoms with Gasteiger partial charge in [-0.25, -0.2) is 4.98 Å². The van der Waals surface area contributed by atoms with Crippen LogP contribution >= 0.6 is 0 Å². The highest BCUT2D eigenvalue weighted by atomic mass is 16.5. The van der Waals surface area contributed by atoms with Crippen molar-refractivity contribution in [1.82, 2.24) is 15.3 Å². The Bertz CT molecular complexity index is 412. The van der Waals surface area contributed by atoms with Gasteiger partial charge in [0.2, 0.25) is 0 Å². The van der Waals surface area contributed by atoms with Crippen molar-refractivity contribution >= 4 is 11.7 Å². The van der Waals surface area contributed by atoms with Gasteiger partial charge < -0.3 is 15.8 Å². The van der Waals surface area contributed by atoms with Crippen LogP contribution in [-0.4, -0.2) is 35.1 Å². The lowest BCUT2D eigenvalue weighted by Crippen LogP contribution is -2.49. The van der Waals surface area contributed by atoms with Gasteiger partial charge in [-0.05, 0) is 19.3 Å². The normalized spacial score (nSPS) is 17.2. The third-order valence-electron chi connectivity index (χ3n) is 3.15. The standard InChI is InChI=1S/C11H16N4O2/c1-17-11(3-2-4-11)7-14-10(16)8-5-13-6-9(12)15-8/h5-6H,2-4,7H2,1H3,(H2,12,15)(H,14,16). The summed E-state index contributed by atoms with van der Waals surface area (Å²) in [4.78, 5) is 19.5. The summed E-state index contributed by atoms with van der Waals surface area (Å²) in [6.07, 6.45) is 5.89. The third kappa shape index (κ3) is 2.52. The maximum atomic E-state index is 11.8. The van der Waals surface area contributed by atoms with Gasteiger partial charge in [0.25, 0.3) is 5.91 Å². The van der Waals surface area contributed by atoms with Crippen molar-refractivity contribution in [2.45, 2.75) is 24.9 Å². The van der Waals surface area contributed by atoms with Crippen LogP contribution in [0.4, 0.5) is 5.82 Å². The number of aromatic nitrogens is 2. The van der Waals surface area contributed by atoms with E-state index in [1.165, 1.54) is 12.4 Å². The molecular formula is C11H16N4O2. The van der Waals surface area contributed by atoms with Crippen molar-refractivity contribution in [3.05, 3.63) is 18.1 Å². The molecule has 0 bridgehead atoms. The molecule has 1 aromatic rings. The molecule has 0 atom stereocenters. The van der Waals surface area contributed by atoms with Crippen LogP contribution < -0.4 is 11.1 Å². The molecule has 1 saturated carbocycles. The SMILES string of the molecule is COC1(CNC(=O)c2cncc(N)n2)CCC1. The summed E-state index contributed by atoms with van der Waals surface area (Å²) in [5.74, 6) is -0.0316. The van der Waals surface area contributed by atoms with Crippen LogP contribution in [0.3, 0.4) is 0 Å². The molecular weight excluding hydrogens is 220 g/mol. The fourth-order valence-corrected chi connectivity index (χ4v) is 1.85. The molecule has 0 spiro atoms. The third-order valence-corrected chi connectivity index (χ3v) is 3.15. The van der Waals surface area contributed by atoms with Crippen LogP contribution in [0, 0.1) is 0 Å². The Morgan fingerprint density at radius 2 is 2.35 bits per heavy atom. The first-order valence-electron chi connectivity index (χ1n) is 5.56. The second-order valence-electron chi connectivity index (χ2n) is 4.25. The molecule has 2 rings (SSSR count). The van der Waals surface area contributed by atoms with Crippen LogP contribution in [0.1, 0.15) is 29.8 Å². The topological polar surface area (TPSA) is 90.1 Å². The van der Waals surface area contributed by atoms with Crippen LogP contribution in [0.5, 0.6) is 0 Å². The molecule has 6 nitrogen and oxygen atoms in total. The zero-order chi connectivity index (χ0) is 12.3. The van der Waals surface area contributed by atoms with Crippen molar-refractivity contribution in [2.75, 3.05) is 19.4 Å². The number of hydrogen-bond donors (Lipinski definition) is 2. The van der Waals surface area contributed by atoms with Gasteiger partial charge in [-0.15, -0.1) is 0 Å². The largest absolute Gasteiger partial charge is 0.382 e. The molecule has 92 valence electrons. The smallest absolute Gasteiger partial charge is 0.271 e. The first kappa shape index (κ1) is 11.8. The van der Waals surface area contributed by atoms with E-state index in [1.54, 1.807) is 7.11 Å². The quantitative estimate of drug-likeness (QED) is 0.787. The number of nitrogens with zero attached hydrogens (tertiary/aromatic N) is 2. The predicted molar refractivity (Wildman–Crippen MR) is 62.4 cm³/mol. The zero-order valence-electron chi connectivity index (χ0n) is 9.77. The lowest BCUT2D eigenvalue weighted by molar-refractivity contribution is -0.0679. The Labute approximate surface area is 99.6 Å². The molecule has 1 aromatic heterocycles. The average molecular weight is 236 g/mol. The number of hydrogen-bond acceptors (Lipinski definition) is 5. The van der Waals surface area contributed by atoms with Crippen molar-refractivity contribution < 1.29 is 9.53 Å². The highest BCUT2D eigenvalue weighted by molar-refractivity contribution is 5.92. The van der Waals surface area contributed by atoms with Gasteiger partial charge in [0.15, 0.2) is 0 Å². The fraction of sp³-hybridized carbons (Fsp3) is 0.545. The lowest BCUT2D eigenvalue weighted by atomic mass is 9.80. The number of carbonyl (C=O) groups is 1. The molecule has 0 saturated heterocycles. The van der Waals surface area contributed by atoms with Crippen LogP contribution in [-0.2, 0) is 4.74 Å². The maximum Gasteiger partial charge on any atom is 0.271 e. The van der Waals surface area contributed by atoms with E-state index in [2.05, 4.69) is 15.3 Å². The Morgan fingerprint density at radius 3 is 2.88 bits per heavy atom. The number of nitrogens with one attached hydrogen (secondary N) is 1. The van der Waals surface area contributed by atoms with E-state index in [0.29, 0.717) is 6.54 Å². The summed E-state index contributed by atoms with van der Waals surface area (Å²) in [5, 5.41) is 2.80. The number of carbonyl (C=O) groups excluding carboxylic acids is 1. The van der Waals surface area contributed by atoms with Crippen LogP contribution in [0.25, 0.3) is 0 Å². The molecule has 0 aromatic carbocycles. The first-order valence-corrected chi connectivity index (χ1v) is 5.56. The molecule has 6 heteroatoms. The minimum atomic E-state index is -0.270. The fourth-order valence-electron chi connectivity index (χ4n) is 1.85. The Hall–Kier alpha value is -1.69. The number of methoxy groups -OCH3 is 1. The summed E-state index contributed by atoms with van der Waals surface area (Å²) in [6.45, 7) is 0.499. The van der Waals surface area contributed by atoms with Crippen molar-refractivity contribution in [2.24, 2.45) is 0 Å². The molecule has 1 amide bonds. The summed E-state index contributed by atoms with van der Waals surface area (Å²) >= 11 is 0. The Balaban J connectivity index is 1.93. The second-order valence-corrected chi connectivity index (χ2v) is 4.25. The molecule has 3 N–H and O–H groups in total. The van der Waals surface area contributed by atoms with E-state index >= 15 is 0 Å². The number of amides is 1. The Morgan fingerprint density at radius 1 is 1.59 bits per heavy atom. The molecule has 1 aliphatic carbocycles. The molecule has 0 aliphatic heterocycles. The molecule has 0 unspecified atom stereocenters. The molecule has 1 fully saturated rings. The van der Waals surface area contributed by atoms with E-state index in [4.69, 9.17) is 10.5 Å². The predicted octanol–water partition coefficient (Wildman–Crippen LogP) is 0.358. The number of rotatable bonds is 4. The number of ether oxygens (including phenoxy) is 1. The van der Waals surface area contributed by atoms with E-state index in [9.17, 15) is 4.79 Å².